The third-order valence-electron chi connectivity index (χ3n) is 5.78. The molecule has 1 aromatic carbocycles. The Hall–Kier alpha value is -2.89. The summed E-state index contributed by atoms with van der Waals surface area (Å²) in [6.45, 7) is 3.99. The molecule has 6 nitrogen and oxygen atoms in total. The van der Waals surface area contributed by atoms with Crippen LogP contribution in [-0.2, 0) is 6.42 Å². The number of carbonyl (C=O) groups is 1. The van der Waals surface area contributed by atoms with E-state index in [4.69, 9.17) is 4.42 Å². The van der Waals surface area contributed by atoms with E-state index in [-0.39, 0.29) is 18.1 Å². The molecule has 1 N–H and O–H groups in total. The summed E-state index contributed by atoms with van der Waals surface area (Å²) in [5.74, 6) is 0.911. The summed E-state index contributed by atoms with van der Waals surface area (Å²) >= 11 is 0. The van der Waals surface area contributed by atoms with Crippen LogP contribution in [-0.4, -0.2) is 26.9 Å². The summed E-state index contributed by atoms with van der Waals surface area (Å²) < 4.78 is 5.72. The Bertz CT molecular complexity index is 1030. The van der Waals surface area contributed by atoms with Gasteiger partial charge >= 0.3 is 6.03 Å². The van der Waals surface area contributed by atoms with Crippen molar-refractivity contribution >= 4 is 22.7 Å². The van der Waals surface area contributed by atoms with Gasteiger partial charge in [-0.1, -0.05) is 0 Å². The fraction of sp³-hybridized carbons (Fsp3) is 0.350. The lowest BCUT2D eigenvalue weighted by Crippen LogP contribution is -2.44. The molecule has 0 saturated carbocycles. The molecule has 2 atom stereocenters. The van der Waals surface area contributed by atoms with Gasteiger partial charge in [-0.05, 0) is 50.5 Å². The number of hydrogen-bond donors (Lipinski definition) is 1. The van der Waals surface area contributed by atoms with E-state index in [0.717, 1.165) is 58.5 Å². The van der Waals surface area contributed by atoms with E-state index in [1.807, 2.05) is 43.1 Å². The van der Waals surface area contributed by atoms with Gasteiger partial charge in [0.05, 0.1) is 11.7 Å². The molecule has 26 heavy (non-hydrogen) atoms. The zero-order valence-corrected chi connectivity index (χ0v) is 14.8. The molecule has 2 amide bonds. The highest BCUT2D eigenvalue weighted by atomic mass is 16.3. The second-order valence-corrected chi connectivity index (χ2v) is 7.21. The number of urea groups is 1. The first-order valence-corrected chi connectivity index (χ1v) is 8.99. The molecule has 2 bridgehead atoms. The van der Waals surface area contributed by atoms with Crippen LogP contribution in [0.25, 0.3) is 11.0 Å². The van der Waals surface area contributed by atoms with Crippen LogP contribution in [0.5, 0.6) is 0 Å². The Kier molecular flexibility index (Phi) is 3.29. The van der Waals surface area contributed by atoms with E-state index < -0.39 is 0 Å². The van der Waals surface area contributed by atoms with Crippen molar-refractivity contribution < 1.29 is 9.21 Å². The predicted molar refractivity (Wildman–Crippen MR) is 98.0 cm³/mol. The Morgan fingerprint density at radius 3 is 3.08 bits per heavy atom. The first-order chi connectivity index (χ1) is 12.6. The third kappa shape index (κ3) is 2.21. The molecule has 6 heteroatoms. The minimum atomic E-state index is -0.0516. The summed E-state index contributed by atoms with van der Waals surface area (Å²) in [6, 6.07) is 6.03. The quantitative estimate of drug-likeness (QED) is 0.718. The number of amides is 2. The second-order valence-electron chi connectivity index (χ2n) is 7.21. The molecule has 1 saturated heterocycles. The molecular formula is C20H20N4O2. The zero-order chi connectivity index (χ0) is 17.8. The fourth-order valence-corrected chi connectivity index (χ4v) is 4.34. The van der Waals surface area contributed by atoms with Crippen LogP contribution < -0.4 is 5.32 Å². The number of nitrogens with zero attached hydrogens (tertiary/aromatic N) is 3. The lowest BCUT2D eigenvalue weighted by atomic mass is 10.00. The molecule has 2 unspecified atom stereocenters. The van der Waals surface area contributed by atoms with Gasteiger partial charge in [-0.25, -0.2) is 14.8 Å². The largest absolute Gasteiger partial charge is 0.461 e. The number of rotatable bonds is 1. The van der Waals surface area contributed by atoms with Crippen molar-refractivity contribution in [2.45, 2.75) is 45.2 Å². The smallest absolute Gasteiger partial charge is 0.322 e. The molecule has 132 valence electrons. The number of aromatic nitrogens is 2. The van der Waals surface area contributed by atoms with Crippen LogP contribution in [0.15, 0.2) is 35.1 Å². The summed E-state index contributed by atoms with van der Waals surface area (Å²) in [5, 5.41) is 4.12. The number of nitrogens with one attached hydrogen (secondary N) is 1. The van der Waals surface area contributed by atoms with Crippen LogP contribution in [0.3, 0.4) is 0 Å². The third-order valence-corrected chi connectivity index (χ3v) is 5.78. The zero-order valence-electron chi connectivity index (χ0n) is 14.8. The molecule has 5 rings (SSSR count). The van der Waals surface area contributed by atoms with Gasteiger partial charge in [-0.2, -0.15) is 0 Å². The summed E-state index contributed by atoms with van der Waals surface area (Å²) in [6.07, 6.45) is 6.24. The number of aryl methyl sites for hydroxylation is 2. The van der Waals surface area contributed by atoms with Crippen LogP contribution in [0.1, 0.15) is 41.5 Å². The first-order valence-electron chi connectivity index (χ1n) is 8.99. The lowest BCUT2D eigenvalue weighted by Gasteiger charge is -2.35. The molecule has 1 fully saturated rings. The average molecular weight is 348 g/mol. The highest BCUT2D eigenvalue weighted by Crippen LogP contribution is 2.43. The molecular weight excluding hydrogens is 328 g/mol. The van der Waals surface area contributed by atoms with Crippen molar-refractivity contribution in [1.82, 2.24) is 14.9 Å². The summed E-state index contributed by atoms with van der Waals surface area (Å²) in [5.41, 5.74) is 4.93. The van der Waals surface area contributed by atoms with Crippen LogP contribution in [0.4, 0.5) is 10.5 Å². The topological polar surface area (TPSA) is 71.3 Å². The Morgan fingerprint density at radius 2 is 2.19 bits per heavy atom. The lowest BCUT2D eigenvalue weighted by molar-refractivity contribution is 0.178. The van der Waals surface area contributed by atoms with Crippen molar-refractivity contribution in [3.63, 3.8) is 0 Å². The van der Waals surface area contributed by atoms with Crippen LogP contribution in [0, 0.1) is 13.8 Å². The molecule has 0 spiro atoms. The molecule has 2 aliphatic rings. The average Bonchev–Trinajstić information content (AvgIpc) is 3.11. The number of benzene rings is 1. The van der Waals surface area contributed by atoms with Crippen LogP contribution >= 0.6 is 0 Å². The molecule has 2 aromatic heterocycles. The maximum atomic E-state index is 13.0. The maximum Gasteiger partial charge on any atom is 0.322 e. The van der Waals surface area contributed by atoms with Crippen molar-refractivity contribution in [2.75, 3.05) is 5.32 Å². The van der Waals surface area contributed by atoms with Gasteiger partial charge < -0.3 is 14.6 Å². The van der Waals surface area contributed by atoms with E-state index in [0.29, 0.717) is 0 Å². The van der Waals surface area contributed by atoms with Crippen molar-refractivity contribution in [1.29, 1.82) is 0 Å². The number of hydrogen-bond acceptors (Lipinski definition) is 4. The van der Waals surface area contributed by atoms with E-state index in [1.165, 1.54) is 0 Å². The maximum absolute atomic E-state index is 13.0. The minimum Gasteiger partial charge on any atom is -0.461 e. The van der Waals surface area contributed by atoms with Gasteiger partial charge in [0.25, 0.3) is 0 Å². The van der Waals surface area contributed by atoms with Gasteiger partial charge in [0, 0.05) is 35.3 Å². The summed E-state index contributed by atoms with van der Waals surface area (Å²) in [4.78, 5) is 23.6. The highest BCUT2D eigenvalue weighted by molar-refractivity contribution is 5.94. The first kappa shape index (κ1) is 15.4. The van der Waals surface area contributed by atoms with Gasteiger partial charge in [0.15, 0.2) is 0 Å². The van der Waals surface area contributed by atoms with Gasteiger partial charge in [-0.3, -0.25) is 0 Å². The normalized spacial score (nSPS) is 21.1. The molecule has 3 aromatic rings. The highest BCUT2D eigenvalue weighted by Gasteiger charge is 2.43. The van der Waals surface area contributed by atoms with E-state index in [2.05, 4.69) is 15.3 Å². The molecule has 2 aliphatic heterocycles. The van der Waals surface area contributed by atoms with Crippen LogP contribution in [0.2, 0.25) is 0 Å². The van der Waals surface area contributed by atoms with Gasteiger partial charge in [0.2, 0.25) is 0 Å². The Morgan fingerprint density at radius 1 is 1.31 bits per heavy atom. The molecule has 0 aliphatic carbocycles. The van der Waals surface area contributed by atoms with E-state index in [9.17, 15) is 4.79 Å². The van der Waals surface area contributed by atoms with E-state index >= 15 is 0 Å². The predicted octanol–water partition coefficient (Wildman–Crippen LogP) is 4.13. The number of fused-ring (bicyclic) bond motifs is 5. The number of anilines is 1. The van der Waals surface area contributed by atoms with Crippen molar-refractivity contribution in [2.24, 2.45) is 0 Å². The number of furan rings is 1. The van der Waals surface area contributed by atoms with Gasteiger partial charge in [-0.15, -0.1) is 0 Å². The molecule has 0 radical (unpaired) electrons. The monoisotopic (exact) mass is 348 g/mol. The van der Waals surface area contributed by atoms with Crippen molar-refractivity contribution in [3.8, 4) is 0 Å². The summed E-state index contributed by atoms with van der Waals surface area (Å²) in [7, 11) is 0. The standard InChI is InChI=1S/C20H20N4O2/c1-11-12(2)26-19-6-3-13(7-15(11)19)23-20(25)24-14-4-5-18(24)16-9-21-10-22-17(16)8-14/h3,6-7,9-10,14,18H,4-5,8H2,1-2H3,(H,23,25). The minimum absolute atomic E-state index is 0.0516. The van der Waals surface area contributed by atoms with Crippen molar-refractivity contribution in [3.05, 3.63) is 53.3 Å². The fourth-order valence-electron chi connectivity index (χ4n) is 4.34. The van der Waals surface area contributed by atoms with Gasteiger partial charge in [0.1, 0.15) is 17.7 Å². The second kappa shape index (κ2) is 5.56. The Labute approximate surface area is 151 Å². The Balaban J connectivity index is 1.44. The van der Waals surface area contributed by atoms with E-state index in [1.54, 1.807) is 6.33 Å². The molecule has 4 heterocycles. The number of carbonyl (C=O) groups excluding carboxylic acids is 1. The SMILES string of the molecule is Cc1oc2ccc(NC(=O)N3C4CCC3c3cncnc3C4)cc2c1C.